The molecule has 2 heteroatoms. The van der Waals surface area contributed by atoms with Crippen LogP contribution in [0.5, 0.6) is 0 Å². The first kappa shape index (κ1) is 17.5. The molecule has 0 aliphatic carbocycles. The highest BCUT2D eigenvalue weighted by atomic mass is 16.4. The van der Waals surface area contributed by atoms with Crippen molar-refractivity contribution in [2.45, 2.75) is 96.8 Å². The van der Waals surface area contributed by atoms with Gasteiger partial charge in [0.1, 0.15) is 0 Å². The van der Waals surface area contributed by atoms with Gasteiger partial charge >= 0.3 is 5.97 Å². The summed E-state index contributed by atoms with van der Waals surface area (Å²) < 4.78 is 0. The van der Waals surface area contributed by atoms with E-state index in [1.165, 1.54) is 70.6 Å². The molecule has 0 radical (unpaired) electrons. The van der Waals surface area contributed by atoms with Crippen molar-refractivity contribution in [1.29, 1.82) is 0 Å². The van der Waals surface area contributed by atoms with Gasteiger partial charge in [-0.1, -0.05) is 84.0 Å². The highest BCUT2D eigenvalue weighted by Gasteiger charge is 1.96. The van der Waals surface area contributed by atoms with Crippen molar-refractivity contribution >= 4 is 5.97 Å². The summed E-state index contributed by atoms with van der Waals surface area (Å²) in [5.74, 6) is -0.655. The Morgan fingerprint density at radius 1 is 0.667 bits per heavy atom. The SMILES string of the molecule is CCCCCCCCCCCC[11CH2]CCC(=O)O. The zero-order chi connectivity index (χ0) is 13.5. The number of unbranched alkanes of at least 4 members (excludes halogenated alkanes) is 12. The van der Waals surface area contributed by atoms with Gasteiger partial charge in [-0.3, -0.25) is 4.79 Å². The first-order valence-corrected chi connectivity index (χ1v) is 7.99. The van der Waals surface area contributed by atoms with Crippen LogP contribution in [0.15, 0.2) is 0 Å². The van der Waals surface area contributed by atoms with Crippen molar-refractivity contribution in [2.24, 2.45) is 0 Å². The lowest BCUT2D eigenvalue weighted by molar-refractivity contribution is -0.137. The molecule has 18 heavy (non-hydrogen) atoms. The van der Waals surface area contributed by atoms with E-state index in [1.807, 2.05) is 0 Å². The van der Waals surface area contributed by atoms with E-state index in [4.69, 9.17) is 5.11 Å². The van der Waals surface area contributed by atoms with Gasteiger partial charge in [0.05, 0.1) is 0 Å². The molecular formula is C16H32O2. The fraction of sp³-hybridized carbons (Fsp3) is 0.938. The highest BCUT2D eigenvalue weighted by molar-refractivity contribution is 5.66. The van der Waals surface area contributed by atoms with Crippen LogP contribution in [0.4, 0.5) is 0 Å². The summed E-state index contributed by atoms with van der Waals surface area (Å²) in [6, 6.07) is 0. The van der Waals surface area contributed by atoms with Gasteiger partial charge in [-0.15, -0.1) is 0 Å². The third-order valence-electron chi connectivity index (χ3n) is 3.49. The molecule has 0 aliphatic rings. The van der Waals surface area contributed by atoms with Crippen molar-refractivity contribution in [3.05, 3.63) is 0 Å². The Bertz CT molecular complexity index is 178. The molecule has 1 N–H and O–H groups in total. The molecule has 0 aliphatic heterocycles. The third kappa shape index (κ3) is 15.5. The average Bonchev–Trinajstić information content (AvgIpc) is 2.34. The summed E-state index contributed by atoms with van der Waals surface area (Å²) in [6.45, 7) is 2.26. The summed E-state index contributed by atoms with van der Waals surface area (Å²) in [5, 5.41) is 8.49. The number of carboxylic acid groups (broad SMARTS) is 1. The maximum absolute atomic E-state index is 10.3. The van der Waals surface area contributed by atoms with Gasteiger partial charge in [0.2, 0.25) is 0 Å². The zero-order valence-corrected chi connectivity index (χ0v) is 12.3. The molecule has 0 rings (SSSR count). The van der Waals surface area contributed by atoms with Crippen molar-refractivity contribution in [2.75, 3.05) is 0 Å². The van der Waals surface area contributed by atoms with Crippen LogP contribution >= 0.6 is 0 Å². The number of rotatable bonds is 14. The second-order valence-electron chi connectivity index (χ2n) is 5.39. The second-order valence-corrected chi connectivity index (χ2v) is 5.39. The Balaban J connectivity index is 2.92. The predicted octanol–water partition coefficient (Wildman–Crippen LogP) is 5.55. The third-order valence-corrected chi connectivity index (χ3v) is 3.49. The Kier molecular flexibility index (Phi) is 14.1. The summed E-state index contributed by atoms with van der Waals surface area (Å²) >= 11 is 0. The quantitative estimate of drug-likeness (QED) is 0.413. The lowest BCUT2D eigenvalue weighted by Gasteiger charge is -2.02. The number of aliphatic carboxylic acids is 1. The van der Waals surface area contributed by atoms with Crippen LogP contribution in [0.2, 0.25) is 0 Å². The van der Waals surface area contributed by atoms with E-state index in [2.05, 4.69) is 6.92 Å². The summed E-state index contributed by atoms with van der Waals surface area (Å²) in [6.07, 6.45) is 17.3. The molecule has 0 fully saturated rings. The minimum Gasteiger partial charge on any atom is -0.481 e. The molecule has 108 valence electrons. The van der Waals surface area contributed by atoms with E-state index in [0.29, 0.717) is 6.42 Å². The van der Waals surface area contributed by atoms with Gasteiger partial charge in [-0.2, -0.15) is 0 Å². The molecule has 0 saturated carbocycles. The Morgan fingerprint density at radius 3 is 1.33 bits per heavy atom. The van der Waals surface area contributed by atoms with Crippen molar-refractivity contribution in [1.82, 2.24) is 0 Å². The molecule has 0 unspecified atom stereocenters. The summed E-state index contributed by atoms with van der Waals surface area (Å²) in [7, 11) is 0. The first-order valence-electron chi connectivity index (χ1n) is 7.99. The van der Waals surface area contributed by atoms with Gasteiger partial charge in [-0.25, -0.2) is 0 Å². The fourth-order valence-corrected chi connectivity index (χ4v) is 2.29. The largest absolute Gasteiger partial charge is 0.481 e. The van der Waals surface area contributed by atoms with E-state index in [1.54, 1.807) is 0 Å². The Morgan fingerprint density at radius 2 is 1.00 bits per heavy atom. The topological polar surface area (TPSA) is 37.3 Å². The molecule has 0 heterocycles. The summed E-state index contributed by atoms with van der Waals surface area (Å²) in [4.78, 5) is 10.3. The van der Waals surface area contributed by atoms with Crippen LogP contribution in [0.25, 0.3) is 0 Å². The van der Waals surface area contributed by atoms with Crippen LogP contribution in [-0.2, 0) is 4.79 Å². The molecule has 0 aromatic rings. The minimum atomic E-state index is -0.655. The predicted molar refractivity (Wildman–Crippen MR) is 77.9 cm³/mol. The van der Waals surface area contributed by atoms with Crippen LogP contribution in [0.1, 0.15) is 96.8 Å². The van der Waals surface area contributed by atoms with Gasteiger partial charge in [0.15, 0.2) is 0 Å². The standard InChI is InChI=1S/C16H32O2/c1-2-3-4-5-6-7-8-9-10-11-12-13-14-15-16(17)18/h2-15H2,1H3,(H,17,18)/i13-1. The van der Waals surface area contributed by atoms with Gasteiger partial charge in [-0.05, 0) is 6.42 Å². The minimum absolute atomic E-state index is 0.345. The van der Waals surface area contributed by atoms with Crippen LogP contribution in [0.3, 0.4) is 0 Å². The Hall–Kier alpha value is -0.530. The van der Waals surface area contributed by atoms with Crippen LogP contribution in [-0.4, -0.2) is 11.1 Å². The number of carboxylic acids is 1. The molecule has 0 amide bonds. The maximum Gasteiger partial charge on any atom is 0.303 e. The normalized spacial score (nSPS) is 10.7. The van der Waals surface area contributed by atoms with Crippen LogP contribution < -0.4 is 0 Å². The molecule has 0 saturated heterocycles. The molecule has 0 spiro atoms. The van der Waals surface area contributed by atoms with Gasteiger partial charge in [0.25, 0.3) is 0 Å². The van der Waals surface area contributed by atoms with Gasteiger partial charge < -0.3 is 5.11 Å². The first-order chi connectivity index (χ1) is 8.77. The molecule has 2 nitrogen and oxygen atoms in total. The lowest BCUT2D eigenvalue weighted by Crippen LogP contribution is -1.93. The maximum atomic E-state index is 10.3. The molecule has 0 aromatic heterocycles. The van der Waals surface area contributed by atoms with Gasteiger partial charge in [0, 0.05) is 6.42 Å². The van der Waals surface area contributed by atoms with Crippen molar-refractivity contribution in [3.8, 4) is 0 Å². The fourth-order valence-electron chi connectivity index (χ4n) is 2.29. The van der Waals surface area contributed by atoms with Crippen molar-refractivity contribution in [3.63, 3.8) is 0 Å². The van der Waals surface area contributed by atoms with Crippen LogP contribution in [0, 0.1) is 0 Å². The molecule has 0 aromatic carbocycles. The number of hydrogen-bond donors (Lipinski definition) is 1. The zero-order valence-electron chi connectivity index (χ0n) is 12.3. The average molecular weight is 255 g/mol. The highest BCUT2D eigenvalue weighted by Crippen LogP contribution is 2.12. The number of carbonyl (C=O) groups is 1. The van der Waals surface area contributed by atoms with E-state index in [0.717, 1.165) is 12.8 Å². The monoisotopic (exact) mass is 255 g/mol. The summed E-state index contributed by atoms with van der Waals surface area (Å²) in [5.41, 5.74) is 0. The number of hydrogen-bond acceptors (Lipinski definition) is 1. The lowest BCUT2D eigenvalue weighted by atomic mass is 9.78. The van der Waals surface area contributed by atoms with E-state index in [-0.39, 0.29) is 0 Å². The van der Waals surface area contributed by atoms with E-state index in [9.17, 15) is 4.79 Å². The smallest absolute Gasteiger partial charge is 0.303 e. The molecular weight excluding hydrogens is 223 g/mol. The molecule has 0 bridgehead atoms. The van der Waals surface area contributed by atoms with E-state index < -0.39 is 5.97 Å². The Labute approximate surface area is 113 Å². The second kappa shape index (κ2) is 14.5. The molecule has 0 atom stereocenters. The van der Waals surface area contributed by atoms with Crippen molar-refractivity contribution < 1.29 is 9.90 Å². The van der Waals surface area contributed by atoms with E-state index >= 15 is 0 Å².